The molecule has 1 unspecified atom stereocenters. The molecule has 100 valence electrons. The lowest BCUT2D eigenvalue weighted by molar-refractivity contribution is 0.520. The second-order valence-electron chi connectivity index (χ2n) is 4.21. The Hall–Kier alpha value is -1.85. The molecule has 0 aliphatic carbocycles. The van der Waals surface area contributed by atoms with Crippen molar-refractivity contribution in [1.29, 1.82) is 0 Å². The average Bonchev–Trinajstić information content (AvgIpc) is 2.39. The maximum Gasteiger partial charge on any atom is 0.129 e. The Morgan fingerprint density at radius 1 is 0.947 bits per heavy atom. The van der Waals surface area contributed by atoms with Crippen LogP contribution >= 0.6 is 0 Å². The summed E-state index contributed by atoms with van der Waals surface area (Å²) in [4.78, 5) is 0. The summed E-state index contributed by atoms with van der Waals surface area (Å²) in [5.41, 5.74) is 3.62. The van der Waals surface area contributed by atoms with Crippen LogP contribution in [0.1, 0.15) is 17.2 Å². The number of hydrazine groups is 1. The molecule has 0 spiro atoms. The molecule has 0 aliphatic heterocycles. The lowest BCUT2D eigenvalue weighted by Crippen LogP contribution is -2.29. The molecule has 1 atom stereocenters. The number of rotatable bonds is 4. The van der Waals surface area contributed by atoms with Crippen molar-refractivity contribution in [3.8, 4) is 0 Å². The Morgan fingerprint density at radius 2 is 1.58 bits per heavy atom. The zero-order valence-corrected chi connectivity index (χ0v) is 10.0. The van der Waals surface area contributed by atoms with Gasteiger partial charge < -0.3 is 0 Å². The molecule has 0 saturated carbocycles. The number of nitrogens with one attached hydrogen (secondary N) is 1. The Balaban J connectivity index is 2.21. The van der Waals surface area contributed by atoms with Gasteiger partial charge in [-0.25, -0.2) is 13.2 Å². The first kappa shape index (κ1) is 13.6. The van der Waals surface area contributed by atoms with Crippen LogP contribution in [-0.2, 0) is 6.42 Å². The molecule has 0 radical (unpaired) electrons. The van der Waals surface area contributed by atoms with Crippen molar-refractivity contribution in [3.63, 3.8) is 0 Å². The summed E-state index contributed by atoms with van der Waals surface area (Å²) in [5.74, 6) is 3.83. The fourth-order valence-electron chi connectivity index (χ4n) is 1.88. The van der Waals surface area contributed by atoms with Crippen molar-refractivity contribution >= 4 is 0 Å². The highest BCUT2D eigenvalue weighted by molar-refractivity contribution is 5.25. The fraction of sp³-hybridized carbons (Fsp3) is 0.143. The van der Waals surface area contributed by atoms with Gasteiger partial charge in [-0.3, -0.25) is 11.3 Å². The largest absolute Gasteiger partial charge is 0.271 e. The van der Waals surface area contributed by atoms with Crippen molar-refractivity contribution in [2.45, 2.75) is 12.5 Å². The van der Waals surface area contributed by atoms with E-state index in [0.717, 1.165) is 11.6 Å². The third-order valence-electron chi connectivity index (χ3n) is 2.91. The summed E-state index contributed by atoms with van der Waals surface area (Å²) < 4.78 is 39.2. The van der Waals surface area contributed by atoms with Crippen molar-refractivity contribution in [3.05, 3.63) is 71.0 Å². The molecule has 0 fully saturated rings. The van der Waals surface area contributed by atoms with Crippen LogP contribution in [0.15, 0.2) is 42.5 Å². The minimum atomic E-state index is -0.625. The summed E-state index contributed by atoms with van der Waals surface area (Å²) in [7, 11) is 0. The highest BCUT2D eigenvalue weighted by atomic mass is 19.1. The third-order valence-corrected chi connectivity index (χ3v) is 2.91. The molecule has 5 heteroatoms. The summed E-state index contributed by atoms with van der Waals surface area (Å²) in [6.45, 7) is 0. The number of hydrogen-bond donors (Lipinski definition) is 2. The van der Waals surface area contributed by atoms with Crippen LogP contribution in [0.2, 0.25) is 0 Å². The molecule has 2 rings (SSSR count). The van der Waals surface area contributed by atoms with E-state index in [4.69, 9.17) is 5.84 Å². The van der Waals surface area contributed by atoms with Gasteiger partial charge in [-0.2, -0.15) is 0 Å². The molecule has 0 aromatic heterocycles. The predicted octanol–water partition coefficient (Wildman–Crippen LogP) is 2.85. The summed E-state index contributed by atoms with van der Waals surface area (Å²) in [6, 6.07) is 8.77. The van der Waals surface area contributed by atoms with Gasteiger partial charge in [0, 0.05) is 6.07 Å². The second-order valence-corrected chi connectivity index (χ2v) is 4.21. The summed E-state index contributed by atoms with van der Waals surface area (Å²) in [5, 5.41) is 0. The first-order valence-corrected chi connectivity index (χ1v) is 5.75. The molecular formula is C14H13F3N2. The quantitative estimate of drug-likeness (QED) is 0.659. The third kappa shape index (κ3) is 3.33. The average molecular weight is 266 g/mol. The molecule has 0 bridgehead atoms. The van der Waals surface area contributed by atoms with E-state index in [-0.39, 0.29) is 18.3 Å². The van der Waals surface area contributed by atoms with E-state index in [0.29, 0.717) is 5.56 Å². The first-order valence-electron chi connectivity index (χ1n) is 5.75. The first-order chi connectivity index (χ1) is 9.10. The van der Waals surface area contributed by atoms with Crippen LogP contribution in [0.25, 0.3) is 0 Å². The highest BCUT2D eigenvalue weighted by Gasteiger charge is 2.13. The van der Waals surface area contributed by atoms with E-state index in [1.165, 1.54) is 24.3 Å². The van der Waals surface area contributed by atoms with Gasteiger partial charge in [-0.15, -0.1) is 0 Å². The van der Waals surface area contributed by atoms with Crippen LogP contribution in [0, 0.1) is 17.5 Å². The number of benzene rings is 2. The smallest absolute Gasteiger partial charge is 0.129 e. The predicted molar refractivity (Wildman–Crippen MR) is 66.5 cm³/mol. The van der Waals surface area contributed by atoms with Crippen LogP contribution in [0.4, 0.5) is 13.2 Å². The van der Waals surface area contributed by atoms with Gasteiger partial charge >= 0.3 is 0 Å². The topological polar surface area (TPSA) is 38.0 Å². The van der Waals surface area contributed by atoms with Gasteiger partial charge in [0.1, 0.15) is 17.5 Å². The molecular weight excluding hydrogens is 253 g/mol. The molecule has 0 saturated heterocycles. The number of hydrogen-bond acceptors (Lipinski definition) is 2. The van der Waals surface area contributed by atoms with E-state index >= 15 is 0 Å². The maximum atomic E-state index is 13.6. The van der Waals surface area contributed by atoms with Crippen LogP contribution in [-0.4, -0.2) is 0 Å². The van der Waals surface area contributed by atoms with Crippen LogP contribution < -0.4 is 11.3 Å². The minimum Gasteiger partial charge on any atom is -0.271 e. The number of halogens is 3. The van der Waals surface area contributed by atoms with E-state index in [1.807, 2.05) is 0 Å². The van der Waals surface area contributed by atoms with Gasteiger partial charge in [-0.1, -0.05) is 18.2 Å². The van der Waals surface area contributed by atoms with Gasteiger partial charge in [0.15, 0.2) is 0 Å². The standard InChI is InChI=1S/C14H13F3N2/c15-11-4-1-9(2-5-11)14(19-18)7-10-3-6-12(16)8-13(10)17/h1-6,8,14,19H,7,18H2. The molecule has 0 heterocycles. The Kier molecular flexibility index (Phi) is 4.19. The van der Waals surface area contributed by atoms with Gasteiger partial charge in [0.05, 0.1) is 6.04 Å². The molecule has 19 heavy (non-hydrogen) atoms. The molecule has 3 N–H and O–H groups in total. The van der Waals surface area contributed by atoms with E-state index in [1.54, 1.807) is 12.1 Å². The molecule has 0 amide bonds. The zero-order valence-electron chi connectivity index (χ0n) is 10.0. The second kappa shape index (κ2) is 5.86. The van der Waals surface area contributed by atoms with Crippen molar-refractivity contribution < 1.29 is 13.2 Å². The Morgan fingerprint density at radius 3 is 2.16 bits per heavy atom. The van der Waals surface area contributed by atoms with Crippen LogP contribution in [0.3, 0.4) is 0 Å². The SMILES string of the molecule is NNC(Cc1ccc(F)cc1F)c1ccc(F)cc1. The molecule has 2 aromatic carbocycles. The maximum absolute atomic E-state index is 13.6. The summed E-state index contributed by atoms with van der Waals surface area (Å²) in [6.07, 6.45) is 0.244. The fourth-order valence-corrected chi connectivity index (χ4v) is 1.88. The molecule has 0 aliphatic rings. The van der Waals surface area contributed by atoms with E-state index in [2.05, 4.69) is 5.43 Å². The van der Waals surface area contributed by atoms with Crippen molar-refractivity contribution in [2.75, 3.05) is 0 Å². The zero-order chi connectivity index (χ0) is 13.8. The minimum absolute atomic E-state index is 0.244. The monoisotopic (exact) mass is 266 g/mol. The Labute approximate surface area is 109 Å². The van der Waals surface area contributed by atoms with Gasteiger partial charge in [0.2, 0.25) is 0 Å². The lowest BCUT2D eigenvalue weighted by Gasteiger charge is -2.16. The van der Waals surface area contributed by atoms with E-state index in [9.17, 15) is 13.2 Å². The van der Waals surface area contributed by atoms with E-state index < -0.39 is 11.6 Å². The van der Waals surface area contributed by atoms with Crippen LogP contribution in [0.5, 0.6) is 0 Å². The molecule has 2 aromatic rings. The summed E-state index contributed by atoms with van der Waals surface area (Å²) >= 11 is 0. The molecule has 2 nitrogen and oxygen atoms in total. The van der Waals surface area contributed by atoms with Crippen molar-refractivity contribution in [1.82, 2.24) is 5.43 Å². The van der Waals surface area contributed by atoms with Crippen molar-refractivity contribution in [2.24, 2.45) is 5.84 Å². The highest BCUT2D eigenvalue weighted by Crippen LogP contribution is 2.20. The lowest BCUT2D eigenvalue weighted by atomic mass is 9.99. The van der Waals surface area contributed by atoms with Gasteiger partial charge in [0.25, 0.3) is 0 Å². The van der Waals surface area contributed by atoms with Gasteiger partial charge in [-0.05, 0) is 35.7 Å². The number of nitrogens with two attached hydrogens (primary N) is 1. The Bertz CT molecular complexity index is 555. The normalized spacial score (nSPS) is 12.4.